The third-order valence-electron chi connectivity index (χ3n) is 5.80. The number of quaternary nitrogens is 1. The molecule has 1 unspecified atom stereocenters. The lowest BCUT2D eigenvalue weighted by Crippen LogP contribution is -3.10. The van der Waals surface area contributed by atoms with Crippen molar-refractivity contribution in [3.63, 3.8) is 0 Å². The third-order valence-corrected chi connectivity index (χ3v) is 5.80. The molecule has 4 aromatic rings. The smallest absolute Gasteiger partial charge is 0.229 e. The Bertz CT molecular complexity index is 1340. The number of carbonyl (C=O) groups excluding carboxylic acids is 2. The van der Waals surface area contributed by atoms with Crippen LogP contribution >= 0.6 is 0 Å². The maximum atomic E-state index is 13.1. The Labute approximate surface area is 171 Å². The quantitative estimate of drug-likeness (QED) is 0.496. The highest BCUT2D eigenvalue weighted by molar-refractivity contribution is 6.31. The molecule has 3 heterocycles. The summed E-state index contributed by atoms with van der Waals surface area (Å²) in [5, 5.41) is 0.669. The SMILES string of the molecule is O=C1c2ccccc2C(=O)c2c1oc1c3c(ccc21)OC[NH+](Cc1cccnc1)C3. The summed E-state index contributed by atoms with van der Waals surface area (Å²) in [4.78, 5) is 31.5. The van der Waals surface area contributed by atoms with Gasteiger partial charge in [-0.25, -0.2) is 0 Å². The molecule has 0 saturated heterocycles. The third kappa shape index (κ3) is 2.44. The molecule has 0 bridgehead atoms. The zero-order chi connectivity index (χ0) is 20.2. The Morgan fingerprint density at radius 2 is 1.80 bits per heavy atom. The summed E-state index contributed by atoms with van der Waals surface area (Å²) >= 11 is 0. The summed E-state index contributed by atoms with van der Waals surface area (Å²) in [6.07, 6.45) is 3.60. The molecule has 6 nitrogen and oxygen atoms in total. The first-order valence-corrected chi connectivity index (χ1v) is 9.83. The van der Waals surface area contributed by atoms with Gasteiger partial charge in [-0.05, 0) is 18.2 Å². The lowest BCUT2D eigenvalue weighted by atomic mass is 9.87. The molecule has 2 aromatic carbocycles. The molecule has 2 aliphatic rings. The van der Waals surface area contributed by atoms with Crippen LogP contribution in [0.1, 0.15) is 43.2 Å². The van der Waals surface area contributed by atoms with E-state index in [0.29, 0.717) is 40.9 Å². The fourth-order valence-electron chi connectivity index (χ4n) is 4.41. The van der Waals surface area contributed by atoms with E-state index in [4.69, 9.17) is 9.15 Å². The summed E-state index contributed by atoms with van der Waals surface area (Å²) in [6.45, 7) is 1.95. The van der Waals surface area contributed by atoms with Gasteiger partial charge in [0.25, 0.3) is 0 Å². The van der Waals surface area contributed by atoms with Crippen molar-refractivity contribution in [3.05, 3.63) is 94.5 Å². The Morgan fingerprint density at radius 3 is 2.60 bits per heavy atom. The van der Waals surface area contributed by atoms with E-state index < -0.39 is 0 Å². The van der Waals surface area contributed by atoms with Crippen LogP contribution in [-0.2, 0) is 13.1 Å². The van der Waals surface area contributed by atoms with Crippen LogP contribution in [0, 0.1) is 0 Å². The number of benzene rings is 2. The standard InChI is InChI=1S/C24H16N2O4/c27-21-15-5-1-2-6-16(15)22(28)24-20(21)17-7-8-19-18(23(17)30-24)12-26(13-29-19)11-14-4-3-9-25-10-14/h1-10H,11-13H2/p+1. The lowest BCUT2D eigenvalue weighted by molar-refractivity contribution is -0.945. The zero-order valence-electron chi connectivity index (χ0n) is 16.0. The molecule has 1 aliphatic heterocycles. The van der Waals surface area contributed by atoms with E-state index in [1.54, 1.807) is 30.5 Å². The summed E-state index contributed by atoms with van der Waals surface area (Å²) in [6, 6.07) is 14.5. The number of carbonyl (C=O) groups is 2. The van der Waals surface area contributed by atoms with Crippen LogP contribution in [0.25, 0.3) is 11.0 Å². The van der Waals surface area contributed by atoms with Crippen molar-refractivity contribution in [1.82, 2.24) is 4.98 Å². The highest BCUT2D eigenvalue weighted by atomic mass is 16.5. The Morgan fingerprint density at radius 1 is 0.967 bits per heavy atom. The summed E-state index contributed by atoms with van der Waals surface area (Å²) in [5.41, 5.74) is 3.74. The van der Waals surface area contributed by atoms with E-state index in [0.717, 1.165) is 23.4 Å². The van der Waals surface area contributed by atoms with E-state index in [1.807, 2.05) is 30.5 Å². The molecule has 0 radical (unpaired) electrons. The zero-order valence-corrected chi connectivity index (χ0v) is 16.0. The molecular formula is C24H17N2O4+. The molecule has 0 amide bonds. The Hall–Kier alpha value is -3.77. The first kappa shape index (κ1) is 17.1. The van der Waals surface area contributed by atoms with Crippen LogP contribution < -0.4 is 9.64 Å². The molecule has 2 aromatic heterocycles. The predicted molar refractivity (Wildman–Crippen MR) is 108 cm³/mol. The minimum absolute atomic E-state index is 0.126. The number of nitrogens with zero attached hydrogens (tertiary/aromatic N) is 1. The number of hydrogen-bond donors (Lipinski definition) is 1. The van der Waals surface area contributed by atoms with Gasteiger partial charge in [-0.2, -0.15) is 0 Å². The van der Waals surface area contributed by atoms with Gasteiger partial charge in [-0.1, -0.05) is 30.3 Å². The van der Waals surface area contributed by atoms with Gasteiger partial charge < -0.3 is 9.15 Å². The molecule has 1 N–H and O–H groups in total. The Kier molecular flexibility index (Phi) is 3.63. The molecule has 0 saturated carbocycles. The predicted octanol–water partition coefficient (Wildman–Crippen LogP) is 2.54. The molecule has 1 atom stereocenters. The highest BCUT2D eigenvalue weighted by Crippen LogP contribution is 2.39. The number of pyridine rings is 1. The second-order valence-corrected chi connectivity index (χ2v) is 7.68. The maximum Gasteiger partial charge on any atom is 0.229 e. The summed E-state index contributed by atoms with van der Waals surface area (Å²) in [7, 11) is 0. The number of ether oxygens (including phenoxy) is 1. The van der Waals surface area contributed by atoms with Crippen molar-refractivity contribution < 1.29 is 23.6 Å². The van der Waals surface area contributed by atoms with Gasteiger partial charge in [0.2, 0.25) is 12.5 Å². The number of ketones is 2. The van der Waals surface area contributed by atoms with Crippen molar-refractivity contribution in [1.29, 1.82) is 0 Å². The van der Waals surface area contributed by atoms with Crippen LogP contribution in [-0.4, -0.2) is 23.3 Å². The minimum Gasteiger partial charge on any atom is -0.451 e. The van der Waals surface area contributed by atoms with Gasteiger partial charge >= 0.3 is 0 Å². The van der Waals surface area contributed by atoms with Crippen LogP contribution in [0.2, 0.25) is 0 Å². The number of aromatic nitrogens is 1. The van der Waals surface area contributed by atoms with Gasteiger partial charge in [0.15, 0.2) is 11.5 Å². The summed E-state index contributed by atoms with van der Waals surface area (Å²) < 4.78 is 12.0. The molecule has 0 fully saturated rings. The lowest BCUT2D eigenvalue weighted by Gasteiger charge is -2.26. The van der Waals surface area contributed by atoms with Gasteiger partial charge in [0, 0.05) is 34.5 Å². The topological polar surface area (TPSA) is 73.8 Å². The van der Waals surface area contributed by atoms with Crippen LogP contribution in [0.3, 0.4) is 0 Å². The first-order valence-electron chi connectivity index (χ1n) is 9.83. The van der Waals surface area contributed by atoms with E-state index in [-0.39, 0.29) is 17.3 Å². The second-order valence-electron chi connectivity index (χ2n) is 7.68. The van der Waals surface area contributed by atoms with Gasteiger partial charge in [-0.3, -0.25) is 19.5 Å². The first-order chi connectivity index (χ1) is 14.7. The van der Waals surface area contributed by atoms with E-state index in [9.17, 15) is 9.59 Å². The molecule has 146 valence electrons. The van der Waals surface area contributed by atoms with E-state index >= 15 is 0 Å². The number of furan rings is 1. The van der Waals surface area contributed by atoms with Crippen LogP contribution in [0.4, 0.5) is 0 Å². The molecule has 1 aliphatic carbocycles. The Balaban J connectivity index is 1.45. The average Bonchev–Trinajstić information content (AvgIpc) is 3.19. The molecular weight excluding hydrogens is 380 g/mol. The average molecular weight is 397 g/mol. The largest absolute Gasteiger partial charge is 0.451 e. The normalized spacial score (nSPS) is 17.3. The van der Waals surface area contributed by atoms with Crippen molar-refractivity contribution in [2.75, 3.05) is 6.73 Å². The molecule has 6 heteroatoms. The monoisotopic (exact) mass is 397 g/mol. The summed E-state index contributed by atoms with van der Waals surface area (Å²) in [5.74, 6) is 0.444. The number of fused-ring (bicyclic) bond motifs is 6. The molecule has 0 spiro atoms. The van der Waals surface area contributed by atoms with Crippen molar-refractivity contribution >= 4 is 22.5 Å². The van der Waals surface area contributed by atoms with Gasteiger partial charge in [0.1, 0.15) is 24.4 Å². The second kappa shape index (κ2) is 6.37. The highest BCUT2D eigenvalue weighted by Gasteiger charge is 2.36. The molecule has 30 heavy (non-hydrogen) atoms. The van der Waals surface area contributed by atoms with Gasteiger partial charge in [0.05, 0.1) is 11.1 Å². The number of nitrogens with one attached hydrogen (secondary N) is 1. The number of rotatable bonds is 2. The molecule has 6 rings (SSSR count). The van der Waals surface area contributed by atoms with E-state index in [1.165, 1.54) is 4.90 Å². The van der Waals surface area contributed by atoms with Crippen molar-refractivity contribution in [2.24, 2.45) is 0 Å². The van der Waals surface area contributed by atoms with Crippen LogP contribution in [0.5, 0.6) is 5.75 Å². The maximum absolute atomic E-state index is 13.1. The van der Waals surface area contributed by atoms with Gasteiger partial charge in [-0.15, -0.1) is 0 Å². The minimum atomic E-state index is -0.249. The van der Waals surface area contributed by atoms with E-state index in [2.05, 4.69) is 4.98 Å². The van der Waals surface area contributed by atoms with Crippen molar-refractivity contribution in [2.45, 2.75) is 13.1 Å². The fourth-order valence-corrected chi connectivity index (χ4v) is 4.41. The fraction of sp³-hybridized carbons (Fsp3) is 0.125. The van der Waals surface area contributed by atoms with Crippen LogP contribution in [0.15, 0.2) is 65.3 Å². The number of hydrogen-bond acceptors (Lipinski definition) is 5. The van der Waals surface area contributed by atoms with Crippen molar-refractivity contribution in [3.8, 4) is 5.75 Å².